The van der Waals surface area contributed by atoms with E-state index in [1.807, 2.05) is 20.8 Å². The number of carbonyl (C=O) groups excluding carboxylic acids is 1. The second-order valence-corrected chi connectivity index (χ2v) is 3.92. The second kappa shape index (κ2) is 6.40. The fraction of sp³-hybridized carbons (Fsp3) is 0.800. The van der Waals surface area contributed by atoms with Gasteiger partial charge in [-0.2, -0.15) is 0 Å². The van der Waals surface area contributed by atoms with E-state index in [1.165, 1.54) is 4.90 Å². The highest BCUT2D eigenvalue weighted by Gasteiger charge is 2.24. The summed E-state index contributed by atoms with van der Waals surface area (Å²) in [5, 5.41) is 8.65. The number of nitrogens with two attached hydrogens (primary N) is 1. The van der Waals surface area contributed by atoms with Crippen molar-refractivity contribution in [3.8, 4) is 0 Å². The molecule has 1 amide bonds. The number of hydrogen-bond acceptors (Lipinski definition) is 3. The molecule has 15 heavy (non-hydrogen) atoms. The zero-order chi connectivity index (χ0) is 12.0. The summed E-state index contributed by atoms with van der Waals surface area (Å²) in [7, 11) is 0. The maximum atomic E-state index is 11.7. The number of carboxylic acid groups (broad SMARTS) is 1. The Morgan fingerprint density at radius 3 is 2.27 bits per heavy atom. The predicted molar refractivity (Wildman–Crippen MR) is 57.3 cm³/mol. The highest BCUT2D eigenvalue weighted by molar-refractivity contribution is 5.85. The number of amides is 1. The molecule has 0 aliphatic carbocycles. The van der Waals surface area contributed by atoms with Crippen LogP contribution < -0.4 is 5.73 Å². The van der Waals surface area contributed by atoms with E-state index >= 15 is 0 Å². The summed E-state index contributed by atoms with van der Waals surface area (Å²) >= 11 is 0. The molecular formula is C10H20N2O3. The van der Waals surface area contributed by atoms with Gasteiger partial charge in [0.1, 0.15) is 6.54 Å². The summed E-state index contributed by atoms with van der Waals surface area (Å²) < 4.78 is 0. The van der Waals surface area contributed by atoms with Crippen molar-refractivity contribution >= 4 is 11.9 Å². The summed E-state index contributed by atoms with van der Waals surface area (Å²) in [4.78, 5) is 23.6. The number of hydrogen-bond donors (Lipinski definition) is 2. The average molecular weight is 216 g/mol. The minimum Gasteiger partial charge on any atom is -0.480 e. The van der Waals surface area contributed by atoms with Gasteiger partial charge in [0.15, 0.2) is 0 Å². The molecule has 0 fully saturated rings. The van der Waals surface area contributed by atoms with E-state index in [0.29, 0.717) is 6.54 Å². The van der Waals surface area contributed by atoms with E-state index in [0.717, 1.165) is 6.42 Å². The number of rotatable bonds is 6. The molecule has 0 aromatic heterocycles. The lowest BCUT2D eigenvalue weighted by Crippen LogP contribution is -2.48. The average Bonchev–Trinajstić information content (AvgIpc) is 2.14. The molecule has 0 bridgehead atoms. The van der Waals surface area contributed by atoms with Gasteiger partial charge in [-0.3, -0.25) is 9.59 Å². The molecule has 5 nitrogen and oxygen atoms in total. The SMILES string of the molecule is CCCN(CC(=O)O)C(=O)[C@@H](N)C(C)C. The van der Waals surface area contributed by atoms with E-state index in [2.05, 4.69) is 0 Å². The van der Waals surface area contributed by atoms with Crippen LogP contribution in [0.3, 0.4) is 0 Å². The first kappa shape index (κ1) is 13.9. The lowest BCUT2D eigenvalue weighted by molar-refractivity contribution is -0.145. The lowest BCUT2D eigenvalue weighted by Gasteiger charge is -2.25. The van der Waals surface area contributed by atoms with Crippen molar-refractivity contribution in [2.75, 3.05) is 13.1 Å². The molecule has 5 heteroatoms. The molecule has 0 saturated heterocycles. The lowest BCUT2D eigenvalue weighted by atomic mass is 10.0. The third-order valence-electron chi connectivity index (χ3n) is 2.13. The van der Waals surface area contributed by atoms with Gasteiger partial charge < -0.3 is 15.7 Å². The fourth-order valence-corrected chi connectivity index (χ4v) is 1.20. The summed E-state index contributed by atoms with van der Waals surface area (Å²) in [5.41, 5.74) is 5.68. The van der Waals surface area contributed by atoms with Gasteiger partial charge in [0, 0.05) is 6.54 Å². The van der Waals surface area contributed by atoms with Gasteiger partial charge in [-0.1, -0.05) is 20.8 Å². The third kappa shape index (κ3) is 4.78. The first-order valence-electron chi connectivity index (χ1n) is 5.16. The Morgan fingerprint density at radius 1 is 1.40 bits per heavy atom. The van der Waals surface area contributed by atoms with Gasteiger partial charge in [-0.25, -0.2) is 0 Å². The molecule has 0 rings (SSSR count). The minimum atomic E-state index is -1.01. The van der Waals surface area contributed by atoms with Gasteiger partial charge in [-0.05, 0) is 12.3 Å². The van der Waals surface area contributed by atoms with Crippen LogP contribution in [0.5, 0.6) is 0 Å². The predicted octanol–water partition coefficient (Wildman–Crippen LogP) is 0.293. The molecule has 0 aliphatic heterocycles. The Labute approximate surface area is 90.2 Å². The van der Waals surface area contributed by atoms with Crippen LogP contribution in [0.15, 0.2) is 0 Å². The Kier molecular flexibility index (Phi) is 5.93. The van der Waals surface area contributed by atoms with Gasteiger partial charge in [0.05, 0.1) is 6.04 Å². The standard InChI is InChI=1S/C10H20N2O3/c1-4-5-12(6-8(13)14)10(15)9(11)7(2)3/h7,9H,4-6,11H2,1-3H3,(H,13,14)/t9-/m0/s1. The van der Waals surface area contributed by atoms with Crippen molar-refractivity contribution in [1.29, 1.82) is 0 Å². The van der Waals surface area contributed by atoms with Crippen LogP contribution in [-0.2, 0) is 9.59 Å². The Balaban J connectivity index is 4.47. The van der Waals surface area contributed by atoms with Crippen molar-refractivity contribution in [2.24, 2.45) is 11.7 Å². The Hall–Kier alpha value is -1.10. The fourth-order valence-electron chi connectivity index (χ4n) is 1.20. The van der Waals surface area contributed by atoms with Gasteiger partial charge >= 0.3 is 5.97 Å². The van der Waals surface area contributed by atoms with Crippen molar-refractivity contribution in [2.45, 2.75) is 33.2 Å². The monoisotopic (exact) mass is 216 g/mol. The van der Waals surface area contributed by atoms with E-state index in [-0.39, 0.29) is 18.4 Å². The molecule has 0 spiro atoms. The Morgan fingerprint density at radius 2 is 1.93 bits per heavy atom. The molecular weight excluding hydrogens is 196 g/mol. The summed E-state index contributed by atoms with van der Waals surface area (Å²) in [6.45, 7) is 5.74. The second-order valence-electron chi connectivity index (χ2n) is 3.92. The van der Waals surface area contributed by atoms with Crippen LogP contribution in [-0.4, -0.2) is 41.0 Å². The molecule has 0 saturated carbocycles. The maximum absolute atomic E-state index is 11.7. The number of carboxylic acids is 1. The molecule has 0 aliphatic rings. The van der Waals surface area contributed by atoms with Gasteiger partial charge in [0.25, 0.3) is 0 Å². The highest BCUT2D eigenvalue weighted by atomic mass is 16.4. The summed E-state index contributed by atoms with van der Waals surface area (Å²) in [6, 6.07) is -0.615. The van der Waals surface area contributed by atoms with Crippen LogP contribution >= 0.6 is 0 Å². The summed E-state index contributed by atoms with van der Waals surface area (Å²) in [5.74, 6) is -1.27. The molecule has 0 aromatic rings. The zero-order valence-corrected chi connectivity index (χ0v) is 9.56. The highest BCUT2D eigenvalue weighted by Crippen LogP contribution is 2.04. The van der Waals surface area contributed by atoms with E-state index in [1.54, 1.807) is 0 Å². The van der Waals surface area contributed by atoms with Crippen LogP contribution in [0, 0.1) is 5.92 Å². The number of carbonyl (C=O) groups is 2. The van der Waals surface area contributed by atoms with Crippen LogP contribution in [0.4, 0.5) is 0 Å². The van der Waals surface area contributed by atoms with Gasteiger partial charge in [0.2, 0.25) is 5.91 Å². The molecule has 0 unspecified atom stereocenters. The number of aliphatic carboxylic acids is 1. The summed E-state index contributed by atoms with van der Waals surface area (Å²) in [6.07, 6.45) is 0.726. The third-order valence-corrected chi connectivity index (χ3v) is 2.13. The van der Waals surface area contributed by atoms with Crippen LogP contribution in [0.25, 0.3) is 0 Å². The first-order valence-corrected chi connectivity index (χ1v) is 5.16. The minimum absolute atomic E-state index is 0.0191. The van der Waals surface area contributed by atoms with Crippen molar-refractivity contribution < 1.29 is 14.7 Å². The first-order chi connectivity index (χ1) is 6.90. The normalized spacial score (nSPS) is 12.6. The topological polar surface area (TPSA) is 83.6 Å². The van der Waals surface area contributed by atoms with Crippen molar-refractivity contribution in [3.63, 3.8) is 0 Å². The molecule has 1 atom stereocenters. The molecule has 0 radical (unpaired) electrons. The van der Waals surface area contributed by atoms with Crippen molar-refractivity contribution in [3.05, 3.63) is 0 Å². The largest absolute Gasteiger partial charge is 0.480 e. The molecule has 0 aromatic carbocycles. The quantitative estimate of drug-likeness (QED) is 0.668. The molecule has 3 N–H and O–H groups in total. The smallest absolute Gasteiger partial charge is 0.323 e. The number of nitrogens with zero attached hydrogens (tertiary/aromatic N) is 1. The van der Waals surface area contributed by atoms with E-state index in [4.69, 9.17) is 10.8 Å². The van der Waals surface area contributed by atoms with Gasteiger partial charge in [-0.15, -0.1) is 0 Å². The van der Waals surface area contributed by atoms with Crippen LogP contribution in [0.2, 0.25) is 0 Å². The molecule has 0 heterocycles. The zero-order valence-electron chi connectivity index (χ0n) is 9.56. The van der Waals surface area contributed by atoms with Crippen LogP contribution in [0.1, 0.15) is 27.2 Å². The van der Waals surface area contributed by atoms with Crippen molar-refractivity contribution in [1.82, 2.24) is 4.90 Å². The molecule has 88 valence electrons. The van der Waals surface area contributed by atoms with E-state index < -0.39 is 12.0 Å². The maximum Gasteiger partial charge on any atom is 0.323 e. The Bertz CT molecular complexity index is 229. The van der Waals surface area contributed by atoms with E-state index in [9.17, 15) is 9.59 Å².